The van der Waals surface area contributed by atoms with Gasteiger partial charge in [0.05, 0.1) is 0 Å². The highest BCUT2D eigenvalue weighted by Gasteiger charge is 2.35. The van der Waals surface area contributed by atoms with E-state index in [9.17, 15) is 0 Å². The molecule has 49 heavy (non-hydrogen) atoms. The van der Waals surface area contributed by atoms with E-state index in [0.29, 0.717) is 0 Å². The zero-order valence-electron chi connectivity index (χ0n) is 27.4. The molecule has 9 aromatic rings. The molecule has 2 heteroatoms. The molecule has 1 aromatic heterocycles. The van der Waals surface area contributed by atoms with Gasteiger partial charge in [-0.3, -0.25) is 0 Å². The van der Waals surface area contributed by atoms with Crippen LogP contribution in [0.1, 0.15) is 25.0 Å². The molecule has 0 unspecified atom stereocenters. The van der Waals surface area contributed by atoms with Crippen LogP contribution in [0.4, 0.5) is 17.1 Å². The zero-order chi connectivity index (χ0) is 32.7. The normalized spacial score (nSPS) is 13.3. The second-order valence-corrected chi connectivity index (χ2v) is 14.8. The Hall–Kier alpha value is -5.70. The molecule has 0 aliphatic heterocycles. The third-order valence-electron chi connectivity index (χ3n) is 10.6. The molecular formula is C47H33NS. The molecule has 8 aromatic carbocycles. The molecule has 0 spiro atoms. The van der Waals surface area contributed by atoms with Crippen LogP contribution in [0.5, 0.6) is 0 Å². The smallest absolute Gasteiger partial charge is 0.0468 e. The highest BCUT2D eigenvalue weighted by Crippen LogP contribution is 2.51. The lowest BCUT2D eigenvalue weighted by Gasteiger charge is -2.28. The summed E-state index contributed by atoms with van der Waals surface area (Å²) in [5.74, 6) is 0. The van der Waals surface area contributed by atoms with Gasteiger partial charge in [0.1, 0.15) is 0 Å². The summed E-state index contributed by atoms with van der Waals surface area (Å²) in [6, 6.07) is 60.6. The van der Waals surface area contributed by atoms with Crippen molar-refractivity contribution in [2.75, 3.05) is 4.90 Å². The molecule has 0 fully saturated rings. The minimum atomic E-state index is -0.0862. The standard InChI is InChI=1S/C47H33NS/c1-47(2)42-14-8-6-12-37(42)38-27-25-36(29-43(38)47)48(34-22-18-31(19-23-34)30-10-4-3-5-11-30)35-24-20-32-16-17-33-21-26-40-39-13-7-9-15-44(39)49-46(40)45(33)41(32)28-35/h3-29H,1-2H3. The first-order chi connectivity index (χ1) is 24.0. The van der Waals surface area contributed by atoms with Gasteiger partial charge in [-0.05, 0) is 92.0 Å². The Kier molecular flexibility index (Phi) is 6.16. The van der Waals surface area contributed by atoms with E-state index in [0.717, 1.165) is 11.4 Å². The van der Waals surface area contributed by atoms with Crippen molar-refractivity contribution in [1.29, 1.82) is 0 Å². The largest absolute Gasteiger partial charge is 0.310 e. The van der Waals surface area contributed by atoms with Crippen LogP contribution < -0.4 is 4.90 Å². The number of nitrogens with zero attached hydrogens (tertiary/aromatic N) is 1. The topological polar surface area (TPSA) is 3.24 Å². The van der Waals surface area contributed by atoms with Crippen LogP contribution in [0.2, 0.25) is 0 Å². The van der Waals surface area contributed by atoms with E-state index in [4.69, 9.17) is 0 Å². The second-order valence-electron chi connectivity index (χ2n) is 13.8. The van der Waals surface area contributed by atoms with Crippen LogP contribution in [0.3, 0.4) is 0 Å². The molecule has 1 nitrogen and oxygen atoms in total. The summed E-state index contributed by atoms with van der Waals surface area (Å²) in [6.45, 7) is 4.72. The average Bonchev–Trinajstić information content (AvgIpc) is 3.64. The van der Waals surface area contributed by atoms with Crippen molar-refractivity contribution in [2.45, 2.75) is 19.3 Å². The fraction of sp³-hybridized carbons (Fsp3) is 0.0638. The maximum absolute atomic E-state index is 2.44. The summed E-state index contributed by atoms with van der Waals surface area (Å²) in [5, 5.41) is 7.82. The highest BCUT2D eigenvalue weighted by molar-refractivity contribution is 7.26. The van der Waals surface area contributed by atoms with Crippen molar-refractivity contribution < 1.29 is 0 Å². The number of thiophene rings is 1. The van der Waals surface area contributed by atoms with Crippen LogP contribution in [-0.2, 0) is 5.41 Å². The molecular weight excluding hydrogens is 611 g/mol. The molecule has 1 heterocycles. The maximum atomic E-state index is 2.44. The van der Waals surface area contributed by atoms with Gasteiger partial charge < -0.3 is 4.90 Å². The van der Waals surface area contributed by atoms with Gasteiger partial charge in [0.2, 0.25) is 0 Å². The van der Waals surface area contributed by atoms with Crippen molar-refractivity contribution in [3.05, 3.63) is 175 Å². The fourth-order valence-corrected chi connectivity index (χ4v) is 9.43. The lowest BCUT2D eigenvalue weighted by Crippen LogP contribution is -2.16. The number of hydrogen-bond acceptors (Lipinski definition) is 2. The summed E-state index contributed by atoms with van der Waals surface area (Å²) in [7, 11) is 0. The first-order valence-electron chi connectivity index (χ1n) is 17.0. The third-order valence-corrected chi connectivity index (χ3v) is 11.8. The molecule has 0 amide bonds. The molecule has 0 saturated heterocycles. The monoisotopic (exact) mass is 643 g/mol. The van der Waals surface area contributed by atoms with Crippen molar-refractivity contribution in [2.24, 2.45) is 0 Å². The van der Waals surface area contributed by atoms with E-state index in [1.807, 2.05) is 11.3 Å². The molecule has 1 aliphatic carbocycles. The molecule has 0 radical (unpaired) electrons. The third kappa shape index (κ3) is 4.31. The SMILES string of the molecule is CC1(C)c2ccccc2-c2ccc(N(c3ccc(-c4ccccc4)cc3)c3ccc4ccc5ccc6c7ccccc7sc6c5c4c3)cc21. The first-order valence-corrected chi connectivity index (χ1v) is 17.8. The van der Waals surface area contributed by atoms with Gasteiger partial charge in [-0.15, -0.1) is 11.3 Å². The molecule has 10 rings (SSSR count). The Bertz CT molecular complexity index is 2730. The quantitative estimate of drug-likeness (QED) is 0.173. The minimum Gasteiger partial charge on any atom is -0.310 e. The number of fused-ring (bicyclic) bond motifs is 10. The number of benzene rings is 8. The van der Waals surface area contributed by atoms with E-state index in [1.54, 1.807) is 0 Å². The molecule has 1 aliphatic rings. The van der Waals surface area contributed by atoms with Gasteiger partial charge in [0, 0.05) is 48.0 Å². The first kappa shape index (κ1) is 28.3. The highest BCUT2D eigenvalue weighted by atomic mass is 32.1. The minimum absolute atomic E-state index is 0.0862. The lowest BCUT2D eigenvalue weighted by molar-refractivity contribution is 0.660. The summed E-state index contributed by atoms with van der Waals surface area (Å²) < 4.78 is 2.69. The summed E-state index contributed by atoms with van der Waals surface area (Å²) >= 11 is 1.91. The van der Waals surface area contributed by atoms with Gasteiger partial charge in [-0.1, -0.05) is 135 Å². The van der Waals surface area contributed by atoms with Crippen LogP contribution in [0, 0.1) is 0 Å². The Morgan fingerprint density at radius 3 is 1.96 bits per heavy atom. The van der Waals surface area contributed by atoms with Crippen molar-refractivity contribution in [3.63, 3.8) is 0 Å². The summed E-state index contributed by atoms with van der Waals surface area (Å²) in [5.41, 5.74) is 11.3. The van der Waals surface area contributed by atoms with Gasteiger partial charge in [0.25, 0.3) is 0 Å². The Balaban J connectivity index is 1.20. The van der Waals surface area contributed by atoms with Gasteiger partial charge in [-0.25, -0.2) is 0 Å². The van der Waals surface area contributed by atoms with Crippen LogP contribution in [0.25, 0.3) is 64.0 Å². The Morgan fingerprint density at radius 1 is 0.449 bits per heavy atom. The van der Waals surface area contributed by atoms with Crippen molar-refractivity contribution in [1.82, 2.24) is 0 Å². The Morgan fingerprint density at radius 2 is 1.08 bits per heavy atom. The van der Waals surface area contributed by atoms with Crippen LogP contribution in [0.15, 0.2) is 164 Å². The van der Waals surface area contributed by atoms with Crippen molar-refractivity contribution >= 4 is 70.1 Å². The van der Waals surface area contributed by atoms with Crippen LogP contribution in [-0.4, -0.2) is 0 Å². The number of anilines is 3. The van der Waals surface area contributed by atoms with E-state index in [-0.39, 0.29) is 5.41 Å². The molecule has 0 N–H and O–H groups in total. The van der Waals surface area contributed by atoms with E-state index in [1.165, 1.54) is 80.8 Å². The van der Waals surface area contributed by atoms with Crippen LogP contribution >= 0.6 is 11.3 Å². The maximum Gasteiger partial charge on any atom is 0.0468 e. The fourth-order valence-electron chi connectivity index (χ4n) is 8.16. The van der Waals surface area contributed by atoms with Gasteiger partial charge in [0.15, 0.2) is 0 Å². The summed E-state index contributed by atoms with van der Waals surface area (Å²) in [4.78, 5) is 2.44. The molecule has 0 saturated carbocycles. The number of rotatable bonds is 4. The second kappa shape index (κ2) is 10.7. The van der Waals surface area contributed by atoms with Gasteiger partial charge >= 0.3 is 0 Å². The number of hydrogen-bond donors (Lipinski definition) is 0. The van der Waals surface area contributed by atoms with Gasteiger partial charge in [-0.2, -0.15) is 0 Å². The average molecular weight is 644 g/mol. The molecule has 232 valence electrons. The predicted molar refractivity (Wildman–Crippen MR) is 212 cm³/mol. The lowest BCUT2D eigenvalue weighted by atomic mass is 9.82. The predicted octanol–water partition coefficient (Wildman–Crippen LogP) is 13.8. The van der Waals surface area contributed by atoms with E-state index < -0.39 is 0 Å². The molecule has 0 atom stereocenters. The molecule has 0 bridgehead atoms. The zero-order valence-corrected chi connectivity index (χ0v) is 28.3. The summed E-state index contributed by atoms with van der Waals surface area (Å²) in [6.07, 6.45) is 0. The van der Waals surface area contributed by atoms with E-state index in [2.05, 4.69) is 183 Å². The Labute approximate surface area is 290 Å². The van der Waals surface area contributed by atoms with E-state index >= 15 is 0 Å². The van der Waals surface area contributed by atoms with Crippen molar-refractivity contribution in [3.8, 4) is 22.3 Å².